The van der Waals surface area contributed by atoms with E-state index in [9.17, 15) is 4.79 Å². The summed E-state index contributed by atoms with van der Waals surface area (Å²) in [6.45, 7) is 7.31. The molecule has 0 aliphatic carbocycles. The van der Waals surface area contributed by atoms with E-state index >= 15 is 0 Å². The van der Waals surface area contributed by atoms with Crippen LogP contribution in [0.5, 0.6) is 0 Å². The predicted molar refractivity (Wildman–Crippen MR) is 75.9 cm³/mol. The van der Waals surface area contributed by atoms with E-state index in [2.05, 4.69) is 22.5 Å². The number of fused-ring (bicyclic) bond motifs is 1. The summed E-state index contributed by atoms with van der Waals surface area (Å²) in [6.07, 6.45) is 5.74. The third-order valence-electron chi connectivity index (χ3n) is 5.40. The van der Waals surface area contributed by atoms with E-state index in [0.717, 1.165) is 51.0 Å². The van der Waals surface area contributed by atoms with Crippen LogP contribution in [0.3, 0.4) is 0 Å². The van der Waals surface area contributed by atoms with E-state index in [-0.39, 0.29) is 5.54 Å². The number of carbonyl (C=O) groups excluding carboxylic acids is 1. The van der Waals surface area contributed by atoms with Crippen LogP contribution in [0.15, 0.2) is 0 Å². The van der Waals surface area contributed by atoms with Crippen molar-refractivity contribution in [2.75, 3.05) is 32.7 Å². The molecule has 3 saturated heterocycles. The second-order valence-electron chi connectivity index (χ2n) is 6.76. The maximum absolute atomic E-state index is 12.8. The maximum atomic E-state index is 12.8. The van der Waals surface area contributed by atoms with Gasteiger partial charge in [0.15, 0.2) is 0 Å². The van der Waals surface area contributed by atoms with Crippen LogP contribution in [-0.4, -0.2) is 49.1 Å². The van der Waals surface area contributed by atoms with Gasteiger partial charge in [-0.3, -0.25) is 4.79 Å². The molecule has 4 heteroatoms. The molecule has 0 aromatic rings. The van der Waals surface area contributed by atoms with Gasteiger partial charge < -0.3 is 15.5 Å². The first-order chi connectivity index (χ1) is 9.19. The van der Waals surface area contributed by atoms with Gasteiger partial charge in [-0.25, -0.2) is 0 Å². The van der Waals surface area contributed by atoms with Crippen molar-refractivity contribution in [3.8, 4) is 0 Å². The van der Waals surface area contributed by atoms with Gasteiger partial charge in [0.05, 0.1) is 5.54 Å². The molecule has 0 saturated carbocycles. The van der Waals surface area contributed by atoms with Crippen LogP contribution in [0.2, 0.25) is 0 Å². The summed E-state index contributed by atoms with van der Waals surface area (Å²) >= 11 is 0. The second-order valence-corrected chi connectivity index (χ2v) is 6.76. The number of hydrogen-bond acceptors (Lipinski definition) is 3. The third-order valence-corrected chi connectivity index (χ3v) is 5.40. The van der Waals surface area contributed by atoms with E-state index in [1.165, 1.54) is 25.7 Å². The van der Waals surface area contributed by atoms with Crippen molar-refractivity contribution < 1.29 is 4.79 Å². The first kappa shape index (κ1) is 13.4. The van der Waals surface area contributed by atoms with Crippen molar-refractivity contribution in [2.24, 2.45) is 11.8 Å². The van der Waals surface area contributed by atoms with E-state index in [4.69, 9.17) is 0 Å². The Morgan fingerprint density at radius 3 is 2.42 bits per heavy atom. The summed E-state index contributed by atoms with van der Waals surface area (Å²) in [4.78, 5) is 14.9. The molecular formula is C15H27N3O. The lowest BCUT2D eigenvalue weighted by Gasteiger charge is -2.37. The Balaban J connectivity index is 1.63. The zero-order valence-electron chi connectivity index (χ0n) is 12.1. The summed E-state index contributed by atoms with van der Waals surface area (Å²) in [5.41, 5.74) is -0.296. The summed E-state index contributed by atoms with van der Waals surface area (Å²) in [5, 5.41) is 6.95. The van der Waals surface area contributed by atoms with E-state index in [1.807, 2.05) is 0 Å². The number of carbonyl (C=O) groups is 1. The highest BCUT2D eigenvalue weighted by Crippen LogP contribution is 2.29. The zero-order chi connectivity index (χ0) is 13.3. The molecule has 0 bridgehead atoms. The number of nitrogens with zero attached hydrogens (tertiary/aromatic N) is 1. The van der Waals surface area contributed by atoms with Crippen LogP contribution in [-0.2, 0) is 4.79 Å². The van der Waals surface area contributed by atoms with Crippen LogP contribution in [0.1, 0.15) is 39.0 Å². The number of amides is 1. The summed E-state index contributed by atoms with van der Waals surface area (Å²) in [6, 6.07) is 0. The van der Waals surface area contributed by atoms with Crippen molar-refractivity contribution in [1.29, 1.82) is 0 Å². The minimum Gasteiger partial charge on any atom is -0.341 e. The van der Waals surface area contributed by atoms with Crippen molar-refractivity contribution >= 4 is 5.91 Å². The Morgan fingerprint density at radius 2 is 1.84 bits per heavy atom. The van der Waals surface area contributed by atoms with Gasteiger partial charge in [-0.2, -0.15) is 0 Å². The van der Waals surface area contributed by atoms with Gasteiger partial charge in [0.2, 0.25) is 5.91 Å². The Bertz CT molecular complexity index is 324. The lowest BCUT2D eigenvalue weighted by Crippen LogP contribution is -2.58. The van der Waals surface area contributed by atoms with Crippen LogP contribution < -0.4 is 10.6 Å². The van der Waals surface area contributed by atoms with Gasteiger partial charge in [-0.1, -0.05) is 0 Å². The Labute approximate surface area is 116 Å². The number of piperidine rings is 1. The van der Waals surface area contributed by atoms with Crippen molar-refractivity contribution in [1.82, 2.24) is 15.5 Å². The molecule has 108 valence electrons. The van der Waals surface area contributed by atoms with E-state index in [0.29, 0.717) is 5.91 Å². The standard InChI is InChI=1S/C15H27N3O/c1-15(6-2-3-7-17-15)14(19)18-8-4-12-10-16-11-13(12)5-9-18/h12-13,16-17H,2-11H2,1H3/t12-,13+,15?. The number of hydrogen-bond donors (Lipinski definition) is 2. The molecule has 1 amide bonds. The van der Waals surface area contributed by atoms with Gasteiger partial charge in [-0.05, 0) is 70.5 Å². The minimum atomic E-state index is -0.296. The molecule has 0 spiro atoms. The highest BCUT2D eigenvalue weighted by atomic mass is 16.2. The van der Waals surface area contributed by atoms with Crippen LogP contribution in [0, 0.1) is 11.8 Å². The maximum Gasteiger partial charge on any atom is 0.242 e. The molecule has 19 heavy (non-hydrogen) atoms. The van der Waals surface area contributed by atoms with Crippen LogP contribution in [0.25, 0.3) is 0 Å². The molecule has 0 aromatic carbocycles. The zero-order valence-corrected chi connectivity index (χ0v) is 12.1. The van der Waals surface area contributed by atoms with Crippen molar-refractivity contribution in [2.45, 2.75) is 44.6 Å². The Hall–Kier alpha value is -0.610. The molecule has 3 aliphatic heterocycles. The average Bonchev–Trinajstić information content (AvgIpc) is 2.78. The molecule has 3 atom stereocenters. The Morgan fingerprint density at radius 1 is 1.16 bits per heavy atom. The molecule has 1 unspecified atom stereocenters. The SMILES string of the molecule is CC1(C(=O)N2CC[C@@H]3CNC[C@@H]3CC2)CCCCN1. The van der Waals surface area contributed by atoms with Crippen molar-refractivity contribution in [3.63, 3.8) is 0 Å². The van der Waals surface area contributed by atoms with E-state index < -0.39 is 0 Å². The van der Waals surface area contributed by atoms with E-state index in [1.54, 1.807) is 0 Å². The molecule has 2 N–H and O–H groups in total. The lowest BCUT2D eigenvalue weighted by atomic mass is 9.89. The fourth-order valence-electron chi connectivity index (χ4n) is 4.01. The van der Waals surface area contributed by atoms with Gasteiger partial charge in [0, 0.05) is 13.1 Å². The summed E-state index contributed by atoms with van der Waals surface area (Å²) in [7, 11) is 0. The van der Waals surface area contributed by atoms with Crippen LogP contribution >= 0.6 is 0 Å². The smallest absolute Gasteiger partial charge is 0.242 e. The first-order valence-corrected chi connectivity index (χ1v) is 7.94. The number of likely N-dealkylation sites (tertiary alicyclic amines) is 1. The molecule has 3 heterocycles. The monoisotopic (exact) mass is 265 g/mol. The normalized spacial score (nSPS) is 39.7. The van der Waals surface area contributed by atoms with Crippen LogP contribution in [0.4, 0.5) is 0 Å². The molecular weight excluding hydrogens is 238 g/mol. The topological polar surface area (TPSA) is 44.4 Å². The molecule has 3 aliphatic rings. The molecule has 3 rings (SSSR count). The minimum absolute atomic E-state index is 0.296. The summed E-state index contributed by atoms with van der Waals surface area (Å²) in [5.74, 6) is 1.94. The molecule has 0 aromatic heterocycles. The predicted octanol–water partition coefficient (Wildman–Crippen LogP) is 0.977. The van der Waals surface area contributed by atoms with Crippen molar-refractivity contribution in [3.05, 3.63) is 0 Å². The molecule has 3 fully saturated rings. The third kappa shape index (κ3) is 2.65. The van der Waals surface area contributed by atoms with Gasteiger partial charge in [0.1, 0.15) is 0 Å². The Kier molecular flexibility index (Phi) is 3.81. The fourth-order valence-corrected chi connectivity index (χ4v) is 4.01. The fraction of sp³-hybridized carbons (Fsp3) is 0.933. The van der Waals surface area contributed by atoms with Gasteiger partial charge in [0.25, 0.3) is 0 Å². The highest BCUT2D eigenvalue weighted by molar-refractivity contribution is 5.86. The summed E-state index contributed by atoms with van der Waals surface area (Å²) < 4.78 is 0. The largest absolute Gasteiger partial charge is 0.341 e. The lowest BCUT2D eigenvalue weighted by molar-refractivity contribution is -0.138. The van der Waals surface area contributed by atoms with Gasteiger partial charge in [-0.15, -0.1) is 0 Å². The number of rotatable bonds is 1. The first-order valence-electron chi connectivity index (χ1n) is 7.94. The number of nitrogens with one attached hydrogen (secondary N) is 2. The second kappa shape index (κ2) is 5.41. The molecule has 0 radical (unpaired) electrons. The highest BCUT2D eigenvalue weighted by Gasteiger charge is 2.39. The van der Waals surface area contributed by atoms with Gasteiger partial charge >= 0.3 is 0 Å². The molecule has 4 nitrogen and oxygen atoms in total. The average molecular weight is 265 g/mol. The quantitative estimate of drug-likeness (QED) is 0.743.